The molecule has 0 aliphatic heterocycles. The van der Waals surface area contributed by atoms with E-state index in [9.17, 15) is 4.79 Å². The molecule has 1 unspecified atom stereocenters. The molecule has 0 aliphatic rings. The van der Waals surface area contributed by atoms with Gasteiger partial charge in [0.2, 0.25) is 0 Å². The fourth-order valence-electron chi connectivity index (χ4n) is 2.31. The highest BCUT2D eigenvalue weighted by molar-refractivity contribution is 5.80. The van der Waals surface area contributed by atoms with Crippen molar-refractivity contribution in [2.75, 3.05) is 46.6 Å². The van der Waals surface area contributed by atoms with Crippen molar-refractivity contribution in [1.29, 1.82) is 0 Å². The minimum Gasteiger partial charge on any atom is -0.444 e. The molecule has 0 rings (SSSR count). The van der Waals surface area contributed by atoms with Crippen LogP contribution in [-0.2, 0) is 14.2 Å². The van der Waals surface area contributed by atoms with Gasteiger partial charge in [0, 0.05) is 39.4 Å². The average molecular weight is 403 g/mol. The van der Waals surface area contributed by atoms with E-state index in [0.717, 1.165) is 38.2 Å². The first-order chi connectivity index (χ1) is 13.3. The minimum absolute atomic E-state index is 0.0863. The number of alkyl carbamates (subject to hydrolysis) is 1. The van der Waals surface area contributed by atoms with Gasteiger partial charge in [-0.3, -0.25) is 4.99 Å². The third kappa shape index (κ3) is 16.6. The predicted octanol–water partition coefficient (Wildman–Crippen LogP) is 2.68. The second kappa shape index (κ2) is 16.4. The van der Waals surface area contributed by atoms with Crippen LogP contribution in [0.3, 0.4) is 0 Å². The average Bonchev–Trinajstić information content (AvgIpc) is 2.61. The second-order valence-electron chi connectivity index (χ2n) is 7.59. The molecular weight excluding hydrogens is 360 g/mol. The number of nitrogens with zero attached hydrogens (tertiary/aromatic N) is 1. The van der Waals surface area contributed by atoms with Gasteiger partial charge < -0.3 is 30.2 Å². The van der Waals surface area contributed by atoms with Gasteiger partial charge in [-0.2, -0.15) is 0 Å². The molecule has 0 spiro atoms. The maximum atomic E-state index is 11.9. The van der Waals surface area contributed by atoms with E-state index < -0.39 is 11.7 Å². The van der Waals surface area contributed by atoms with Crippen LogP contribution >= 0.6 is 0 Å². The van der Waals surface area contributed by atoms with Gasteiger partial charge in [-0.15, -0.1) is 0 Å². The van der Waals surface area contributed by atoms with Crippen molar-refractivity contribution >= 4 is 12.1 Å². The van der Waals surface area contributed by atoms with Crippen LogP contribution in [0.4, 0.5) is 4.79 Å². The second-order valence-corrected chi connectivity index (χ2v) is 7.59. The Balaban J connectivity index is 4.52. The number of aliphatic imine (C=N–C) groups is 1. The van der Waals surface area contributed by atoms with Gasteiger partial charge in [0.05, 0.1) is 13.2 Å². The lowest BCUT2D eigenvalue weighted by molar-refractivity contribution is 0.0522. The van der Waals surface area contributed by atoms with Crippen molar-refractivity contribution in [1.82, 2.24) is 16.0 Å². The first-order valence-electron chi connectivity index (χ1n) is 10.4. The van der Waals surface area contributed by atoms with E-state index in [1.165, 1.54) is 0 Å². The number of amides is 1. The molecule has 0 aromatic carbocycles. The van der Waals surface area contributed by atoms with Gasteiger partial charge in [-0.1, -0.05) is 19.8 Å². The molecule has 0 saturated carbocycles. The number of guanidine groups is 1. The van der Waals surface area contributed by atoms with Crippen LogP contribution in [0.25, 0.3) is 0 Å². The van der Waals surface area contributed by atoms with E-state index in [4.69, 9.17) is 14.2 Å². The van der Waals surface area contributed by atoms with E-state index in [1.807, 2.05) is 27.7 Å². The lowest BCUT2D eigenvalue weighted by Crippen LogP contribution is -2.49. The Bertz CT molecular complexity index is 425. The molecule has 0 fully saturated rings. The number of methoxy groups -OCH3 is 1. The number of carbonyl (C=O) groups is 1. The Hall–Kier alpha value is -1.54. The predicted molar refractivity (Wildman–Crippen MR) is 114 cm³/mol. The zero-order valence-electron chi connectivity index (χ0n) is 18.7. The number of nitrogens with one attached hydrogen (secondary N) is 3. The SMILES string of the molecule is CCCCC(CNC(=O)OC(C)(C)C)NC(=NCCCOCCOC)NCC. The topological polar surface area (TPSA) is 93.2 Å². The molecule has 0 bridgehead atoms. The van der Waals surface area contributed by atoms with E-state index in [-0.39, 0.29) is 6.04 Å². The molecule has 1 amide bonds. The molecule has 1 atom stereocenters. The Kier molecular flexibility index (Phi) is 15.5. The number of carbonyl (C=O) groups excluding carboxylic acids is 1. The summed E-state index contributed by atoms with van der Waals surface area (Å²) in [5.74, 6) is 0.756. The van der Waals surface area contributed by atoms with Crippen LogP contribution in [-0.4, -0.2) is 70.3 Å². The highest BCUT2D eigenvalue weighted by atomic mass is 16.6. The summed E-state index contributed by atoms with van der Waals surface area (Å²) in [6.45, 7) is 13.6. The van der Waals surface area contributed by atoms with E-state index in [2.05, 4.69) is 27.9 Å². The number of hydrogen-bond donors (Lipinski definition) is 3. The summed E-state index contributed by atoms with van der Waals surface area (Å²) in [4.78, 5) is 16.5. The third-order valence-corrected chi connectivity index (χ3v) is 3.63. The largest absolute Gasteiger partial charge is 0.444 e. The van der Waals surface area contributed by atoms with Crippen LogP contribution in [0.2, 0.25) is 0 Å². The summed E-state index contributed by atoms with van der Waals surface area (Å²) in [6, 6.07) is 0.0863. The molecule has 28 heavy (non-hydrogen) atoms. The molecular formula is C20H42N4O4. The smallest absolute Gasteiger partial charge is 0.407 e. The Morgan fingerprint density at radius 3 is 2.43 bits per heavy atom. The number of unbranched alkanes of at least 4 members (excludes halogenated alkanes) is 1. The van der Waals surface area contributed by atoms with E-state index in [0.29, 0.717) is 32.9 Å². The summed E-state index contributed by atoms with van der Waals surface area (Å²) in [5, 5.41) is 9.54. The standard InChI is InChI=1S/C20H42N4O4/c1-7-9-11-17(16-23-19(25)28-20(3,4)5)24-18(21-8-2)22-12-10-13-27-15-14-26-6/h17H,7-16H2,1-6H3,(H,23,25)(H2,21,22,24). The quantitative estimate of drug-likeness (QED) is 0.235. The molecule has 0 radical (unpaired) electrons. The third-order valence-electron chi connectivity index (χ3n) is 3.63. The van der Waals surface area contributed by atoms with Gasteiger partial charge in [-0.05, 0) is 40.5 Å². The summed E-state index contributed by atoms with van der Waals surface area (Å²) < 4.78 is 15.7. The van der Waals surface area contributed by atoms with Crippen molar-refractivity contribution in [3.05, 3.63) is 0 Å². The Morgan fingerprint density at radius 1 is 1.07 bits per heavy atom. The molecule has 166 valence electrons. The fourth-order valence-corrected chi connectivity index (χ4v) is 2.31. The molecule has 8 nitrogen and oxygen atoms in total. The number of rotatable bonds is 14. The maximum Gasteiger partial charge on any atom is 0.407 e. The van der Waals surface area contributed by atoms with Crippen molar-refractivity contribution in [2.45, 2.75) is 71.9 Å². The summed E-state index contributed by atoms with van der Waals surface area (Å²) in [7, 11) is 1.66. The molecule has 0 heterocycles. The van der Waals surface area contributed by atoms with Gasteiger partial charge in [-0.25, -0.2) is 4.79 Å². The van der Waals surface area contributed by atoms with Gasteiger partial charge in [0.25, 0.3) is 0 Å². The van der Waals surface area contributed by atoms with Crippen molar-refractivity contribution in [3.63, 3.8) is 0 Å². The monoisotopic (exact) mass is 402 g/mol. The number of hydrogen-bond acceptors (Lipinski definition) is 5. The normalized spacial score (nSPS) is 13.1. The van der Waals surface area contributed by atoms with Crippen molar-refractivity contribution < 1.29 is 19.0 Å². The zero-order valence-corrected chi connectivity index (χ0v) is 18.7. The van der Waals surface area contributed by atoms with Crippen LogP contribution in [0.15, 0.2) is 4.99 Å². The lowest BCUT2D eigenvalue weighted by atomic mass is 10.1. The van der Waals surface area contributed by atoms with Gasteiger partial charge in [0.1, 0.15) is 5.60 Å². The molecule has 0 aromatic rings. The van der Waals surface area contributed by atoms with Crippen LogP contribution in [0.5, 0.6) is 0 Å². The van der Waals surface area contributed by atoms with Gasteiger partial charge >= 0.3 is 6.09 Å². The molecule has 8 heteroatoms. The van der Waals surface area contributed by atoms with Crippen LogP contribution in [0, 0.1) is 0 Å². The highest BCUT2D eigenvalue weighted by Crippen LogP contribution is 2.07. The molecule has 0 saturated heterocycles. The first kappa shape index (κ1) is 26.5. The van der Waals surface area contributed by atoms with E-state index >= 15 is 0 Å². The highest BCUT2D eigenvalue weighted by Gasteiger charge is 2.18. The first-order valence-corrected chi connectivity index (χ1v) is 10.4. The minimum atomic E-state index is -0.502. The Morgan fingerprint density at radius 2 is 1.82 bits per heavy atom. The zero-order chi connectivity index (χ0) is 21.3. The fraction of sp³-hybridized carbons (Fsp3) is 0.900. The summed E-state index contributed by atoms with van der Waals surface area (Å²) in [5.41, 5.74) is -0.502. The lowest BCUT2D eigenvalue weighted by Gasteiger charge is -2.24. The molecule has 3 N–H and O–H groups in total. The van der Waals surface area contributed by atoms with Crippen molar-refractivity contribution in [2.24, 2.45) is 4.99 Å². The van der Waals surface area contributed by atoms with Gasteiger partial charge in [0.15, 0.2) is 5.96 Å². The summed E-state index contributed by atoms with van der Waals surface area (Å²) >= 11 is 0. The van der Waals surface area contributed by atoms with Crippen LogP contribution in [0.1, 0.15) is 60.3 Å². The van der Waals surface area contributed by atoms with E-state index in [1.54, 1.807) is 7.11 Å². The number of ether oxygens (including phenoxy) is 3. The maximum absolute atomic E-state index is 11.9. The molecule has 0 aromatic heterocycles. The summed E-state index contributed by atoms with van der Waals surface area (Å²) in [6.07, 6.45) is 3.55. The Labute approximate surface area is 171 Å². The van der Waals surface area contributed by atoms with Crippen LogP contribution < -0.4 is 16.0 Å². The van der Waals surface area contributed by atoms with Crippen molar-refractivity contribution in [3.8, 4) is 0 Å². The molecule has 0 aliphatic carbocycles.